The van der Waals surface area contributed by atoms with Gasteiger partial charge in [0.25, 0.3) is 0 Å². The SMILES string of the molecule is CC1CSCC1NC1C=CCC1. The Bertz CT molecular complexity index is 179. The van der Waals surface area contributed by atoms with Crippen molar-refractivity contribution in [2.75, 3.05) is 11.5 Å². The molecule has 0 spiro atoms. The Balaban J connectivity index is 1.81. The van der Waals surface area contributed by atoms with Crippen molar-refractivity contribution in [1.82, 2.24) is 5.32 Å². The van der Waals surface area contributed by atoms with Gasteiger partial charge >= 0.3 is 0 Å². The minimum absolute atomic E-state index is 0.677. The molecule has 2 aliphatic rings. The molecule has 0 bridgehead atoms. The summed E-state index contributed by atoms with van der Waals surface area (Å²) in [6.07, 6.45) is 7.21. The highest BCUT2D eigenvalue weighted by Crippen LogP contribution is 2.25. The van der Waals surface area contributed by atoms with Crippen LogP contribution in [-0.2, 0) is 0 Å². The molecule has 0 aromatic carbocycles. The molecule has 0 amide bonds. The molecule has 68 valence electrons. The second-order valence-electron chi connectivity index (χ2n) is 3.90. The smallest absolute Gasteiger partial charge is 0.0255 e. The average Bonchev–Trinajstić information content (AvgIpc) is 2.65. The third kappa shape index (κ3) is 1.86. The molecule has 1 aliphatic carbocycles. The van der Waals surface area contributed by atoms with Gasteiger partial charge in [0.1, 0.15) is 0 Å². The number of thioether (sulfide) groups is 1. The van der Waals surface area contributed by atoms with Gasteiger partial charge in [-0.05, 0) is 24.5 Å². The molecule has 1 heterocycles. The predicted molar refractivity (Wildman–Crippen MR) is 55.6 cm³/mol. The van der Waals surface area contributed by atoms with Crippen LogP contribution < -0.4 is 5.32 Å². The topological polar surface area (TPSA) is 12.0 Å². The lowest BCUT2D eigenvalue weighted by atomic mass is 10.1. The van der Waals surface area contributed by atoms with Gasteiger partial charge in [0.05, 0.1) is 0 Å². The minimum Gasteiger partial charge on any atom is -0.307 e. The van der Waals surface area contributed by atoms with Crippen LogP contribution >= 0.6 is 11.8 Å². The number of nitrogens with one attached hydrogen (secondary N) is 1. The van der Waals surface area contributed by atoms with Crippen molar-refractivity contribution in [3.05, 3.63) is 12.2 Å². The lowest BCUT2D eigenvalue weighted by molar-refractivity contribution is 0.420. The monoisotopic (exact) mass is 183 g/mol. The van der Waals surface area contributed by atoms with Gasteiger partial charge in [0, 0.05) is 17.8 Å². The molecule has 2 heteroatoms. The van der Waals surface area contributed by atoms with E-state index in [2.05, 4.69) is 36.2 Å². The summed E-state index contributed by atoms with van der Waals surface area (Å²) in [6, 6.07) is 1.44. The fourth-order valence-corrected chi connectivity index (χ4v) is 3.34. The third-order valence-electron chi connectivity index (χ3n) is 2.81. The molecule has 3 atom stereocenters. The number of rotatable bonds is 2. The highest BCUT2D eigenvalue weighted by molar-refractivity contribution is 7.99. The Labute approximate surface area is 79.0 Å². The van der Waals surface area contributed by atoms with Crippen LogP contribution in [0.3, 0.4) is 0 Å². The van der Waals surface area contributed by atoms with E-state index in [-0.39, 0.29) is 0 Å². The van der Waals surface area contributed by atoms with Crippen LogP contribution in [0.5, 0.6) is 0 Å². The highest BCUT2D eigenvalue weighted by atomic mass is 32.2. The molecule has 0 aromatic heterocycles. The fraction of sp³-hybridized carbons (Fsp3) is 0.800. The number of allylic oxidation sites excluding steroid dienone is 1. The molecule has 1 saturated heterocycles. The van der Waals surface area contributed by atoms with Crippen LogP contribution in [0.4, 0.5) is 0 Å². The van der Waals surface area contributed by atoms with Crippen LogP contribution in [0.2, 0.25) is 0 Å². The predicted octanol–water partition coefficient (Wildman–Crippen LogP) is 2.05. The molecule has 1 aliphatic heterocycles. The van der Waals surface area contributed by atoms with Gasteiger partial charge in [-0.2, -0.15) is 11.8 Å². The Kier molecular flexibility index (Phi) is 2.76. The Hall–Kier alpha value is 0.0500. The second kappa shape index (κ2) is 3.84. The first-order chi connectivity index (χ1) is 5.86. The molecule has 2 rings (SSSR count). The first kappa shape index (κ1) is 8.64. The molecular formula is C10H17NS. The van der Waals surface area contributed by atoms with Gasteiger partial charge in [0.15, 0.2) is 0 Å². The first-order valence-corrected chi connectivity index (χ1v) is 6.02. The van der Waals surface area contributed by atoms with E-state index in [4.69, 9.17) is 0 Å². The maximum atomic E-state index is 3.72. The van der Waals surface area contributed by atoms with Gasteiger partial charge < -0.3 is 5.32 Å². The minimum atomic E-state index is 0.677. The van der Waals surface area contributed by atoms with Crippen LogP contribution in [0, 0.1) is 5.92 Å². The van der Waals surface area contributed by atoms with E-state index < -0.39 is 0 Å². The normalized spacial score (nSPS) is 40.9. The fourth-order valence-electron chi connectivity index (χ4n) is 1.92. The largest absolute Gasteiger partial charge is 0.307 e. The van der Waals surface area contributed by atoms with Crippen LogP contribution in [0.1, 0.15) is 19.8 Å². The maximum absolute atomic E-state index is 3.72. The molecule has 0 saturated carbocycles. The third-order valence-corrected chi connectivity index (χ3v) is 4.16. The van der Waals surface area contributed by atoms with Gasteiger partial charge in [-0.25, -0.2) is 0 Å². The summed E-state index contributed by atoms with van der Waals surface area (Å²) in [5.41, 5.74) is 0. The summed E-state index contributed by atoms with van der Waals surface area (Å²) < 4.78 is 0. The van der Waals surface area contributed by atoms with Crippen molar-refractivity contribution in [1.29, 1.82) is 0 Å². The Morgan fingerprint density at radius 2 is 2.33 bits per heavy atom. The molecule has 1 nitrogen and oxygen atoms in total. The van der Waals surface area contributed by atoms with Crippen molar-refractivity contribution in [2.24, 2.45) is 5.92 Å². The lowest BCUT2D eigenvalue weighted by Gasteiger charge is -2.20. The zero-order valence-electron chi connectivity index (χ0n) is 7.62. The van der Waals surface area contributed by atoms with Gasteiger partial charge in [0.2, 0.25) is 0 Å². The summed E-state index contributed by atoms with van der Waals surface area (Å²) in [7, 11) is 0. The van der Waals surface area contributed by atoms with E-state index in [9.17, 15) is 0 Å². The molecule has 1 fully saturated rings. The summed E-state index contributed by atoms with van der Waals surface area (Å²) in [4.78, 5) is 0. The Morgan fingerprint density at radius 1 is 1.42 bits per heavy atom. The van der Waals surface area contributed by atoms with Crippen LogP contribution in [0.25, 0.3) is 0 Å². The molecule has 0 radical (unpaired) electrons. The van der Waals surface area contributed by atoms with Crippen molar-refractivity contribution in [3.63, 3.8) is 0 Å². The standard InChI is InChI=1S/C10H17NS/c1-8-6-12-7-10(8)11-9-4-2-3-5-9/h2,4,8-11H,3,5-7H2,1H3. The van der Waals surface area contributed by atoms with Crippen molar-refractivity contribution in [3.8, 4) is 0 Å². The highest BCUT2D eigenvalue weighted by Gasteiger charge is 2.25. The summed E-state index contributed by atoms with van der Waals surface area (Å²) in [5.74, 6) is 3.52. The molecule has 0 aromatic rings. The zero-order chi connectivity index (χ0) is 8.39. The number of hydrogen-bond acceptors (Lipinski definition) is 2. The van der Waals surface area contributed by atoms with E-state index in [0.717, 1.165) is 12.0 Å². The van der Waals surface area contributed by atoms with Gasteiger partial charge in [-0.3, -0.25) is 0 Å². The molecule has 1 N–H and O–H groups in total. The summed E-state index contributed by atoms with van der Waals surface area (Å²) in [5, 5.41) is 3.72. The molecule has 3 unspecified atom stereocenters. The Morgan fingerprint density at radius 3 is 2.92 bits per heavy atom. The van der Waals surface area contributed by atoms with Crippen LogP contribution in [-0.4, -0.2) is 23.6 Å². The average molecular weight is 183 g/mol. The maximum Gasteiger partial charge on any atom is 0.0255 e. The van der Waals surface area contributed by atoms with Crippen molar-refractivity contribution in [2.45, 2.75) is 31.8 Å². The van der Waals surface area contributed by atoms with Gasteiger partial charge in [-0.1, -0.05) is 19.1 Å². The molecular weight excluding hydrogens is 166 g/mol. The van der Waals surface area contributed by atoms with Crippen LogP contribution in [0.15, 0.2) is 12.2 Å². The second-order valence-corrected chi connectivity index (χ2v) is 4.97. The van der Waals surface area contributed by atoms with Crippen molar-refractivity contribution >= 4 is 11.8 Å². The first-order valence-electron chi connectivity index (χ1n) is 4.87. The quantitative estimate of drug-likeness (QED) is 0.658. The zero-order valence-corrected chi connectivity index (χ0v) is 8.44. The summed E-state index contributed by atoms with van der Waals surface area (Å²) in [6.45, 7) is 2.36. The van der Waals surface area contributed by atoms with E-state index >= 15 is 0 Å². The summed E-state index contributed by atoms with van der Waals surface area (Å²) >= 11 is 2.09. The van der Waals surface area contributed by atoms with E-state index in [1.165, 1.54) is 24.3 Å². The van der Waals surface area contributed by atoms with Crippen molar-refractivity contribution < 1.29 is 0 Å². The van der Waals surface area contributed by atoms with Gasteiger partial charge in [-0.15, -0.1) is 0 Å². The molecule has 12 heavy (non-hydrogen) atoms. The van der Waals surface area contributed by atoms with E-state index in [0.29, 0.717) is 6.04 Å². The van der Waals surface area contributed by atoms with E-state index in [1.807, 2.05) is 0 Å². The van der Waals surface area contributed by atoms with E-state index in [1.54, 1.807) is 0 Å². The number of hydrogen-bond donors (Lipinski definition) is 1. The lowest BCUT2D eigenvalue weighted by Crippen LogP contribution is -2.39.